The van der Waals surface area contributed by atoms with Crippen LogP contribution in [-0.2, 0) is 11.2 Å². The second kappa shape index (κ2) is 4.26. The zero-order chi connectivity index (χ0) is 12.6. The van der Waals surface area contributed by atoms with E-state index in [1.165, 1.54) is 0 Å². The molecule has 1 atom stereocenters. The molecular weight excluding hydrogens is 236 g/mol. The third kappa shape index (κ3) is 2.57. The highest BCUT2D eigenvalue weighted by Crippen LogP contribution is 2.43. The molecule has 92 valence electrons. The summed E-state index contributed by atoms with van der Waals surface area (Å²) >= 11 is 1.71. The van der Waals surface area contributed by atoms with Crippen LogP contribution in [0.4, 0.5) is 0 Å². The summed E-state index contributed by atoms with van der Waals surface area (Å²) in [6.07, 6.45) is 1.48. The Morgan fingerprint density at radius 2 is 2.24 bits per heavy atom. The van der Waals surface area contributed by atoms with Crippen LogP contribution in [0.2, 0.25) is 0 Å². The fourth-order valence-corrected chi connectivity index (χ4v) is 3.64. The fourth-order valence-electron chi connectivity index (χ4n) is 2.08. The normalized spacial score (nSPS) is 19.1. The van der Waals surface area contributed by atoms with E-state index in [0.29, 0.717) is 6.42 Å². The first kappa shape index (κ1) is 12.3. The van der Waals surface area contributed by atoms with E-state index < -0.39 is 11.4 Å². The van der Waals surface area contributed by atoms with E-state index >= 15 is 0 Å². The number of fused-ring (bicyclic) bond motifs is 1. The molecule has 1 heterocycles. The van der Waals surface area contributed by atoms with Crippen LogP contribution in [0, 0.1) is 5.41 Å². The molecule has 0 aliphatic carbocycles. The van der Waals surface area contributed by atoms with Crippen LogP contribution in [0.5, 0.6) is 5.75 Å². The first-order valence-electron chi connectivity index (χ1n) is 5.60. The number of aliphatic carboxylic acids is 1. The van der Waals surface area contributed by atoms with Crippen molar-refractivity contribution in [3.8, 4) is 5.75 Å². The van der Waals surface area contributed by atoms with Crippen molar-refractivity contribution in [1.82, 2.24) is 0 Å². The van der Waals surface area contributed by atoms with Gasteiger partial charge in [0.1, 0.15) is 5.75 Å². The van der Waals surface area contributed by atoms with E-state index in [0.717, 1.165) is 16.9 Å². The van der Waals surface area contributed by atoms with Crippen molar-refractivity contribution in [3.05, 3.63) is 23.8 Å². The van der Waals surface area contributed by atoms with Crippen molar-refractivity contribution >= 4 is 17.7 Å². The summed E-state index contributed by atoms with van der Waals surface area (Å²) in [5, 5.41) is 18.8. The maximum absolute atomic E-state index is 11.1. The van der Waals surface area contributed by atoms with Crippen LogP contribution in [-0.4, -0.2) is 21.4 Å². The molecule has 4 heteroatoms. The molecule has 2 rings (SSSR count). The number of rotatable bonds is 3. The summed E-state index contributed by atoms with van der Waals surface area (Å²) in [5.41, 5.74) is 0.433. The Hall–Kier alpha value is -1.16. The Kier molecular flexibility index (Phi) is 3.08. The lowest BCUT2D eigenvalue weighted by Crippen LogP contribution is -2.27. The maximum atomic E-state index is 11.1. The Bertz CT molecular complexity index is 454. The molecule has 0 bridgehead atoms. The Balaban J connectivity index is 2.08. The number of hydrogen-bond acceptors (Lipinski definition) is 3. The number of carboxylic acids is 1. The van der Waals surface area contributed by atoms with Gasteiger partial charge in [0.2, 0.25) is 0 Å². The molecule has 1 unspecified atom stereocenters. The lowest BCUT2D eigenvalue weighted by molar-refractivity contribution is -0.147. The molecule has 0 amide bonds. The monoisotopic (exact) mass is 252 g/mol. The Morgan fingerprint density at radius 3 is 2.88 bits per heavy atom. The maximum Gasteiger partial charge on any atom is 0.309 e. The van der Waals surface area contributed by atoms with Crippen LogP contribution in [0.25, 0.3) is 0 Å². The second-order valence-corrected chi connectivity index (χ2v) is 6.47. The molecule has 0 radical (unpaired) electrons. The van der Waals surface area contributed by atoms with Crippen molar-refractivity contribution in [2.45, 2.75) is 36.8 Å². The van der Waals surface area contributed by atoms with Gasteiger partial charge in [0.15, 0.2) is 0 Å². The van der Waals surface area contributed by atoms with Gasteiger partial charge >= 0.3 is 5.97 Å². The quantitative estimate of drug-likeness (QED) is 0.868. The Labute approximate surface area is 105 Å². The van der Waals surface area contributed by atoms with Gasteiger partial charge in [-0.3, -0.25) is 4.79 Å². The summed E-state index contributed by atoms with van der Waals surface area (Å²) in [6, 6.07) is 5.36. The number of benzene rings is 1. The van der Waals surface area contributed by atoms with Gasteiger partial charge in [-0.05, 0) is 50.5 Å². The predicted molar refractivity (Wildman–Crippen MR) is 67.5 cm³/mol. The number of phenolic OH excluding ortho intramolecular Hbond substituents is 1. The summed E-state index contributed by atoms with van der Waals surface area (Å²) in [7, 11) is 0. The topological polar surface area (TPSA) is 57.5 Å². The third-order valence-corrected chi connectivity index (χ3v) is 4.42. The van der Waals surface area contributed by atoms with Gasteiger partial charge in [-0.15, -0.1) is 11.8 Å². The van der Waals surface area contributed by atoms with Gasteiger partial charge in [-0.1, -0.05) is 0 Å². The van der Waals surface area contributed by atoms with E-state index in [1.54, 1.807) is 37.7 Å². The van der Waals surface area contributed by atoms with E-state index in [2.05, 4.69) is 0 Å². The molecule has 0 fully saturated rings. The second-order valence-electron chi connectivity index (χ2n) is 5.13. The van der Waals surface area contributed by atoms with Gasteiger partial charge in [0.25, 0.3) is 0 Å². The molecule has 1 aromatic rings. The lowest BCUT2D eigenvalue weighted by Gasteiger charge is -2.22. The van der Waals surface area contributed by atoms with Crippen molar-refractivity contribution in [3.63, 3.8) is 0 Å². The number of carbonyl (C=O) groups is 1. The summed E-state index contributed by atoms with van der Waals surface area (Å²) in [4.78, 5) is 12.2. The molecule has 17 heavy (non-hydrogen) atoms. The number of thioether (sulfide) groups is 1. The van der Waals surface area contributed by atoms with Gasteiger partial charge < -0.3 is 10.2 Å². The largest absolute Gasteiger partial charge is 0.508 e. The van der Waals surface area contributed by atoms with Crippen LogP contribution in [0.15, 0.2) is 23.1 Å². The zero-order valence-electron chi connectivity index (χ0n) is 9.93. The number of phenols is 1. The highest BCUT2D eigenvalue weighted by atomic mass is 32.2. The van der Waals surface area contributed by atoms with Gasteiger partial charge in [0, 0.05) is 10.1 Å². The highest BCUT2D eigenvalue weighted by Gasteiger charge is 2.34. The lowest BCUT2D eigenvalue weighted by atomic mass is 9.86. The molecule has 2 N–H and O–H groups in total. The fraction of sp³-hybridized carbons (Fsp3) is 0.462. The van der Waals surface area contributed by atoms with E-state index in [9.17, 15) is 9.90 Å². The third-order valence-electron chi connectivity index (χ3n) is 3.10. The van der Waals surface area contributed by atoms with Gasteiger partial charge in [0.05, 0.1) is 5.41 Å². The minimum absolute atomic E-state index is 0.280. The molecule has 1 aliphatic heterocycles. The van der Waals surface area contributed by atoms with Crippen LogP contribution >= 0.6 is 11.8 Å². The van der Waals surface area contributed by atoms with Crippen molar-refractivity contribution in [2.75, 3.05) is 0 Å². The predicted octanol–water partition coefficient (Wildman–Crippen LogP) is 2.91. The molecule has 0 saturated carbocycles. The van der Waals surface area contributed by atoms with E-state index in [-0.39, 0.29) is 11.0 Å². The average Bonchev–Trinajstić information content (AvgIpc) is 2.57. The van der Waals surface area contributed by atoms with Gasteiger partial charge in [-0.25, -0.2) is 0 Å². The Morgan fingerprint density at radius 1 is 1.53 bits per heavy atom. The molecule has 0 aromatic heterocycles. The molecule has 0 spiro atoms. The summed E-state index contributed by atoms with van der Waals surface area (Å²) < 4.78 is 0. The first-order chi connectivity index (χ1) is 7.88. The molecule has 0 saturated heterocycles. The zero-order valence-corrected chi connectivity index (χ0v) is 10.8. The van der Waals surface area contributed by atoms with Crippen molar-refractivity contribution in [1.29, 1.82) is 0 Å². The minimum atomic E-state index is -0.753. The first-order valence-corrected chi connectivity index (χ1v) is 6.48. The average molecular weight is 252 g/mol. The summed E-state index contributed by atoms with van der Waals surface area (Å²) in [6.45, 7) is 3.52. The summed E-state index contributed by atoms with van der Waals surface area (Å²) in [5.74, 6) is -0.473. The van der Waals surface area contributed by atoms with Crippen LogP contribution < -0.4 is 0 Å². The highest BCUT2D eigenvalue weighted by molar-refractivity contribution is 8.00. The van der Waals surface area contributed by atoms with Crippen molar-refractivity contribution < 1.29 is 15.0 Å². The molecule has 1 aromatic carbocycles. The minimum Gasteiger partial charge on any atom is -0.508 e. The standard InChI is InChI=1S/C13H16O3S/c1-13(2,12(15)16)7-10-6-8-5-9(14)3-4-11(8)17-10/h3-5,10,14H,6-7H2,1-2H3,(H,15,16). The number of aromatic hydroxyl groups is 1. The van der Waals surface area contributed by atoms with Crippen LogP contribution in [0.1, 0.15) is 25.8 Å². The van der Waals surface area contributed by atoms with Gasteiger partial charge in [-0.2, -0.15) is 0 Å². The van der Waals surface area contributed by atoms with E-state index in [4.69, 9.17) is 5.11 Å². The van der Waals surface area contributed by atoms with Crippen LogP contribution in [0.3, 0.4) is 0 Å². The molecule has 1 aliphatic rings. The smallest absolute Gasteiger partial charge is 0.309 e. The SMILES string of the molecule is CC(C)(CC1Cc2cc(O)ccc2S1)C(=O)O. The number of hydrogen-bond donors (Lipinski definition) is 2. The molecular formula is C13H16O3S. The number of carboxylic acid groups (broad SMARTS) is 1. The molecule has 3 nitrogen and oxygen atoms in total. The van der Waals surface area contributed by atoms with Crippen molar-refractivity contribution in [2.24, 2.45) is 5.41 Å². The van der Waals surface area contributed by atoms with E-state index in [1.807, 2.05) is 6.07 Å².